The third kappa shape index (κ3) is 3.21. The van der Waals surface area contributed by atoms with Crippen molar-refractivity contribution in [2.24, 2.45) is 0 Å². The van der Waals surface area contributed by atoms with E-state index in [1.165, 1.54) is 10.9 Å². The maximum atomic E-state index is 4.53. The Morgan fingerprint density at radius 2 is 1.83 bits per heavy atom. The maximum Gasteiger partial charge on any atom is 0.225 e. The van der Waals surface area contributed by atoms with Gasteiger partial charge >= 0.3 is 0 Å². The molecule has 0 N–H and O–H groups in total. The minimum Gasteiger partial charge on any atom is -0.338 e. The molecule has 1 saturated heterocycles. The van der Waals surface area contributed by atoms with Crippen LogP contribution in [0.5, 0.6) is 0 Å². The summed E-state index contributed by atoms with van der Waals surface area (Å²) in [5.41, 5.74) is 3.42. The van der Waals surface area contributed by atoms with Crippen LogP contribution in [0.15, 0.2) is 48.8 Å². The molecule has 5 nitrogen and oxygen atoms in total. The number of benzene rings is 1. The third-order valence-corrected chi connectivity index (χ3v) is 4.51. The van der Waals surface area contributed by atoms with Gasteiger partial charge < -0.3 is 4.90 Å². The van der Waals surface area contributed by atoms with Crippen molar-refractivity contribution in [3.63, 3.8) is 0 Å². The van der Waals surface area contributed by atoms with Gasteiger partial charge in [0, 0.05) is 56.2 Å². The van der Waals surface area contributed by atoms with Crippen LogP contribution in [-0.4, -0.2) is 46.0 Å². The van der Waals surface area contributed by atoms with Crippen molar-refractivity contribution in [2.45, 2.75) is 13.5 Å². The van der Waals surface area contributed by atoms with E-state index in [-0.39, 0.29) is 0 Å². The fourth-order valence-electron chi connectivity index (χ4n) is 3.18. The molecule has 0 aliphatic carbocycles. The van der Waals surface area contributed by atoms with Crippen molar-refractivity contribution < 1.29 is 0 Å². The van der Waals surface area contributed by atoms with E-state index in [4.69, 9.17) is 0 Å². The molecule has 0 saturated carbocycles. The van der Waals surface area contributed by atoms with Crippen LogP contribution in [0.4, 0.5) is 5.95 Å². The lowest BCUT2D eigenvalue weighted by atomic mass is 10.1. The molecule has 1 aliphatic heterocycles. The van der Waals surface area contributed by atoms with Crippen LogP contribution in [0.3, 0.4) is 0 Å². The van der Waals surface area contributed by atoms with E-state index >= 15 is 0 Å². The Balaban J connectivity index is 1.40. The van der Waals surface area contributed by atoms with Crippen LogP contribution in [0.2, 0.25) is 0 Å². The molecule has 2 aromatic heterocycles. The van der Waals surface area contributed by atoms with Gasteiger partial charge in [-0.3, -0.25) is 9.88 Å². The summed E-state index contributed by atoms with van der Waals surface area (Å²) >= 11 is 0. The Morgan fingerprint density at radius 1 is 0.958 bits per heavy atom. The Morgan fingerprint density at radius 3 is 2.67 bits per heavy atom. The average molecular weight is 319 g/mol. The van der Waals surface area contributed by atoms with Crippen LogP contribution in [0.1, 0.15) is 11.3 Å². The molecule has 24 heavy (non-hydrogen) atoms. The lowest BCUT2D eigenvalue weighted by molar-refractivity contribution is 0.249. The van der Waals surface area contributed by atoms with Crippen LogP contribution in [0, 0.1) is 6.92 Å². The largest absolute Gasteiger partial charge is 0.338 e. The first kappa shape index (κ1) is 15.0. The summed E-state index contributed by atoms with van der Waals surface area (Å²) in [6.07, 6.45) is 3.68. The van der Waals surface area contributed by atoms with Crippen LogP contribution in [0.25, 0.3) is 10.9 Å². The van der Waals surface area contributed by atoms with E-state index < -0.39 is 0 Å². The molecule has 0 atom stereocenters. The number of hydrogen-bond acceptors (Lipinski definition) is 5. The van der Waals surface area contributed by atoms with E-state index in [0.717, 1.165) is 49.9 Å². The zero-order valence-corrected chi connectivity index (χ0v) is 13.9. The number of nitrogens with zero attached hydrogens (tertiary/aromatic N) is 5. The summed E-state index contributed by atoms with van der Waals surface area (Å²) in [5.74, 6) is 0.853. The highest BCUT2D eigenvalue weighted by atomic mass is 15.3. The Kier molecular flexibility index (Phi) is 4.09. The lowest BCUT2D eigenvalue weighted by Gasteiger charge is -2.34. The van der Waals surface area contributed by atoms with E-state index in [1.807, 2.05) is 31.5 Å². The second kappa shape index (κ2) is 6.53. The fourth-order valence-corrected chi connectivity index (χ4v) is 3.18. The predicted octanol–water partition coefficient (Wildman–Crippen LogP) is 2.66. The molecule has 0 radical (unpaired) electrons. The van der Waals surface area contributed by atoms with E-state index in [2.05, 4.69) is 49.0 Å². The van der Waals surface area contributed by atoms with Crippen molar-refractivity contribution in [3.8, 4) is 0 Å². The molecule has 0 unspecified atom stereocenters. The standard InChI is InChI=1S/C19H21N5/c1-15-6-8-21-19(22-15)24-11-9-23(10-12-24)14-16-4-5-18-17(13-16)3-2-7-20-18/h2-8,13H,9-12,14H2,1H3. The molecular formula is C19H21N5. The van der Waals surface area contributed by atoms with E-state index in [9.17, 15) is 0 Å². The minimum atomic E-state index is 0.853. The van der Waals surface area contributed by atoms with Gasteiger partial charge in [-0.05, 0) is 36.8 Å². The maximum absolute atomic E-state index is 4.53. The zero-order valence-electron chi connectivity index (χ0n) is 13.9. The molecule has 0 spiro atoms. The molecule has 5 heteroatoms. The van der Waals surface area contributed by atoms with Crippen LogP contribution < -0.4 is 4.90 Å². The number of aryl methyl sites for hydroxylation is 1. The summed E-state index contributed by atoms with van der Waals surface area (Å²) < 4.78 is 0. The number of fused-ring (bicyclic) bond motifs is 1. The van der Waals surface area contributed by atoms with E-state index in [1.54, 1.807) is 0 Å². The predicted molar refractivity (Wildman–Crippen MR) is 96.0 cm³/mol. The van der Waals surface area contributed by atoms with Gasteiger partial charge in [-0.25, -0.2) is 9.97 Å². The zero-order chi connectivity index (χ0) is 16.4. The average Bonchev–Trinajstić information content (AvgIpc) is 2.62. The van der Waals surface area contributed by atoms with Gasteiger partial charge in [-0.2, -0.15) is 0 Å². The monoisotopic (exact) mass is 319 g/mol. The molecule has 1 aliphatic rings. The minimum absolute atomic E-state index is 0.853. The second-order valence-electron chi connectivity index (χ2n) is 6.29. The molecule has 0 bridgehead atoms. The van der Waals surface area contributed by atoms with Crippen molar-refractivity contribution in [3.05, 3.63) is 60.0 Å². The van der Waals surface area contributed by atoms with Gasteiger partial charge in [-0.15, -0.1) is 0 Å². The summed E-state index contributed by atoms with van der Waals surface area (Å²) in [7, 11) is 0. The van der Waals surface area contributed by atoms with Gasteiger partial charge in [0.15, 0.2) is 0 Å². The number of hydrogen-bond donors (Lipinski definition) is 0. The number of rotatable bonds is 3. The van der Waals surface area contributed by atoms with Gasteiger partial charge in [0.2, 0.25) is 5.95 Å². The Hall–Kier alpha value is -2.53. The topological polar surface area (TPSA) is 45.2 Å². The summed E-state index contributed by atoms with van der Waals surface area (Å²) in [5, 5.41) is 1.21. The number of pyridine rings is 1. The first-order valence-electron chi connectivity index (χ1n) is 8.38. The van der Waals surface area contributed by atoms with Crippen LogP contribution >= 0.6 is 0 Å². The molecule has 0 amide bonds. The van der Waals surface area contributed by atoms with Gasteiger partial charge in [0.25, 0.3) is 0 Å². The van der Waals surface area contributed by atoms with Gasteiger partial charge in [0.05, 0.1) is 5.52 Å². The smallest absolute Gasteiger partial charge is 0.225 e. The first-order valence-corrected chi connectivity index (χ1v) is 8.38. The Labute approximate surface area is 142 Å². The van der Waals surface area contributed by atoms with E-state index in [0.29, 0.717) is 0 Å². The molecule has 4 rings (SSSR count). The molecule has 3 heterocycles. The molecule has 1 fully saturated rings. The molecule has 3 aromatic rings. The highest BCUT2D eigenvalue weighted by Crippen LogP contribution is 2.17. The summed E-state index contributed by atoms with van der Waals surface area (Å²) in [6.45, 7) is 6.99. The normalized spacial score (nSPS) is 15.8. The third-order valence-electron chi connectivity index (χ3n) is 4.51. The van der Waals surface area contributed by atoms with Crippen molar-refractivity contribution in [1.82, 2.24) is 19.9 Å². The highest BCUT2D eigenvalue weighted by Gasteiger charge is 2.19. The molecule has 122 valence electrons. The van der Waals surface area contributed by atoms with Crippen molar-refractivity contribution in [1.29, 1.82) is 0 Å². The quantitative estimate of drug-likeness (QED) is 0.743. The van der Waals surface area contributed by atoms with Gasteiger partial charge in [-0.1, -0.05) is 12.1 Å². The molecular weight excluding hydrogens is 298 g/mol. The number of piperazine rings is 1. The number of aromatic nitrogens is 3. The summed E-state index contributed by atoms with van der Waals surface area (Å²) in [6, 6.07) is 12.6. The van der Waals surface area contributed by atoms with Crippen LogP contribution in [-0.2, 0) is 6.54 Å². The second-order valence-corrected chi connectivity index (χ2v) is 6.29. The fraction of sp³-hybridized carbons (Fsp3) is 0.316. The number of anilines is 1. The Bertz CT molecular complexity index is 840. The van der Waals surface area contributed by atoms with Crippen molar-refractivity contribution in [2.75, 3.05) is 31.1 Å². The SMILES string of the molecule is Cc1ccnc(N2CCN(Cc3ccc4ncccc4c3)CC2)n1. The molecule has 1 aromatic carbocycles. The highest BCUT2D eigenvalue weighted by molar-refractivity contribution is 5.78. The lowest BCUT2D eigenvalue weighted by Crippen LogP contribution is -2.46. The first-order chi connectivity index (χ1) is 11.8. The van der Waals surface area contributed by atoms with Gasteiger partial charge in [0.1, 0.15) is 0 Å². The summed E-state index contributed by atoms with van der Waals surface area (Å²) in [4.78, 5) is 18.1. The van der Waals surface area contributed by atoms with Crippen molar-refractivity contribution >= 4 is 16.9 Å².